The van der Waals surface area contributed by atoms with Crippen molar-refractivity contribution in [2.24, 2.45) is 0 Å². The lowest BCUT2D eigenvalue weighted by molar-refractivity contribution is 0.140. The first-order valence-electron chi connectivity index (χ1n) is 7.62. The fraction of sp³-hybridized carbons (Fsp3) is 0.800. The summed E-state index contributed by atoms with van der Waals surface area (Å²) in [5.41, 5.74) is 1.33. The Kier molecular flexibility index (Phi) is 8.50. The second kappa shape index (κ2) is 9.98. The van der Waals surface area contributed by atoms with Crippen LogP contribution in [0.4, 0.5) is 0 Å². The highest BCUT2D eigenvalue weighted by Crippen LogP contribution is 2.08. The van der Waals surface area contributed by atoms with E-state index >= 15 is 0 Å². The molecule has 0 aromatic carbocycles. The zero-order valence-corrected chi connectivity index (χ0v) is 12.7. The van der Waals surface area contributed by atoms with Gasteiger partial charge in [-0.25, -0.2) is 0 Å². The number of hydrogen-bond donors (Lipinski definition) is 1. The molecule has 0 saturated carbocycles. The van der Waals surface area contributed by atoms with Gasteiger partial charge in [0.05, 0.1) is 6.20 Å². The lowest BCUT2D eigenvalue weighted by Crippen LogP contribution is -2.32. The Morgan fingerprint density at radius 3 is 2.84 bits per heavy atom. The van der Waals surface area contributed by atoms with Gasteiger partial charge in [-0.3, -0.25) is 4.68 Å². The van der Waals surface area contributed by atoms with Crippen LogP contribution in [0.5, 0.6) is 0 Å². The van der Waals surface area contributed by atoms with Crippen molar-refractivity contribution in [3.05, 3.63) is 18.0 Å². The molecule has 110 valence electrons. The van der Waals surface area contributed by atoms with Crippen molar-refractivity contribution in [3.63, 3.8) is 0 Å². The summed E-state index contributed by atoms with van der Waals surface area (Å²) in [6, 6.07) is 0.537. The highest BCUT2D eigenvalue weighted by atomic mass is 16.5. The Balaban J connectivity index is 2.38. The lowest BCUT2D eigenvalue weighted by atomic mass is 10.0. The fourth-order valence-electron chi connectivity index (χ4n) is 2.17. The van der Waals surface area contributed by atoms with E-state index in [1.54, 1.807) is 0 Å². The summed E-state index contributed by atoms with van der Waals surface area (Å²) in [6.45, 7) is 10.1. The molecule has 1 N–H and O–H groups in total. The van der Waals surface area contributed by atoms with Crippen molar-refractivity contribution in [1.82, 2.24) is 15.1 Å². The van der Waals surface area contributed by atoms with E-state index in [4.69, 9.17) is 4.74 Å². The van der Waals surface area contributed by atoms with Gasteiger partial charge in [0, 0.05) is 32.0 Å². The van der Waals surface area contributed by atoms with Crippen LogP contribution in [0.2, 0.25) is 0 Å². The molecular weight excluding hydrogens is 238 g/mol. The minimum absolute atomic E-state index is 0.537. The molecule has 0 radical (unpaired) electrons. The second-order valence-electron chi connectivity index (χ2n) is 4.90. The highest BCUT2D eigenvalue weighted by molar-refractivity contribution is 5.06. The molecule has 0 aliphatic heterocycles. The molecule has 0 bridgehead atoms. The minimum Gasteiger partial charge on any atom is -0.382 e. The number of rotatable bonds is 11. The van der Waals surface area contributed by atoms with Crippen molar-refractivity contribution >= 4 is 0 Å². The zero-order chi connectivity index (χ0) is 13.9. The van der Waals surface area contributed by atoms with Gasteiger partial charge in [-0.2, -0.15) is 5.10 Å². The number of aryl methyl sites for hydroxylation is 1. The standard InChI is InChI=1S/C15H29N3O/c1-4-9-16-15(8-7-10-19-6-3)11-14-12-17-18(5-2)13-14/h12-13,15-16H,4-11H2,1-3H3. The molecule has 0 amide bonds. The molecule has 1 aromatic rings. The summed E-state index contributed by atoms with van der Waals surface area (Å²) in [4.78, 5) is 0. The second-order valence-corrected chi connectivity index (χ2v) is 4.90. The smallest absolute Gasteiger partial charge is 0.0522 e. The van der Waals surface area contributed by atoms with Crippen LogP contribution in [-0.4, -0.2) is 35.6 Å². The SMILES string of the molecule is CCCNC(CCCOCC)Cc1cnn(CC)c1. The third-order valence-electron chi connectivity index (χ3n) is 3.22. The fourth-order valence-corrected chi connectivity index (χ4v) is 2.17. The molecule has 0 spiro atoms. The number of ether oxygens (including phenoxy) is 1. The third-order valence-corrected chi connectivity index (χ3v) is 3.22. The minimum atomic E-state index is 0.537. The monoisotopic (exact) mass is 267 g/mol. The van der Waals surface area contributed by atoms with Crippen LogP contribution < -0.4 is 5.32 Å². The van der Waals surface area contributed by atoms with Gasteiger partial charge in [0.15, 0.2) is 0 Å². The van der Waals surface area contributed by atoms with E-state index in [-0.39, 0.29) is 0 Å². The topological polar surface area (TPSA) is 39.1 Å². The first-order valence-corrected chi connectivity index (χ1v) is 7.62. The molecule has 1 aromatic heterocycles. The van der Waals surface area contributed by atoms with E-state index in [0.717, 1.165) is 45.6 Å². The molecule has 4 nitrogen and oxygen atoms in total. The van der Waals surface area contributed by atoms with Crippen molar-refractivity contribution in [2.45, 2.75) is 59.0 Å². The molecular formula is C15H29N3O. The summed E-state index contributed by atoms with van der Waals surface area (Å²) in [5, 5.41) is 7.97. The number of nitrogens with one attached hydrogen (secondary N) is 1. The largest absolute Gasteiger partial charge is 0.382 e. The summed E-state index contributed by atoms with van der Waals surface area (Å²) in [5.74, 6) is 0. The Bertz CT molecular complexity index is 325. The molecule has 1 atom stereocenters. The van der Waals surface area contributed by atoms with E-state index in [0.29, 0.717) is 6.04 Å². The predicted molar refractivity (Wildman–Crippen MR) is 79.4 cm³/mol. The first kappa shape index (κ1) is 16.2. The number of nitrogens with zero attached hydrogens (tertiary/aromatic N) is 2. The highest BCUT2D eigenvalue weighted by Gasteiger charge is 2.10. The van der Waals surface area contributed by atoms with E-state index in [1.807, 2.05) is 17.8 Å². The molecule has 1 heterocycles. The maximum atomic E-state index is 5.42. The van der Waals surface area contributed by atoms with Crippen LogP contribution in [0, 0.1) is 0 Å². The Morgan fingerprint density at radius 1 is 1.37 bits per heavy atom. The molecule has 0 aliphatic rings. The van der Waals surface area contributed by atoms with Crippen LogP contribution in [0.3, 0.4) is 0 Å². The summed E-state index contributed by atoms with van der Waals surface area (Å²) in [6.07, 6.45) is 8.67. The Hall–Kier alpha value is -0.870. The van der Waals surface area contributed by atoms with Crippen molar-refractivity contribution < 1.29 is 4.74 Å². The molecule has 4 heteroatoms. The van der Waals surface area contributed by atoms with Gasteiger partial charge < -0.3 is 10.1 Å². The number of hydrogen-bond acceptors (Lipinski definition) is 3. The average Bonchev–Trinajstić information content (AvgIpc) is 2.88. The van der Waals surface area contributed by atoms with E-state index < -0.39 is 0 Å². The van der Waals surface area contributed by atoms with Gasteiger partial charge in [0.2, 0.25) is 0 Å². The first-order chi connectivity index (χ1) is 9.30. The van der Waals surface area contributed by atoms with Crippen LogP contribution in [-0.2, 0) is 17.7 Å². The third kappa shape index (κ3) is 6.73. The van der Waals surface area contributed by atoms with Gasteiger partial charge >= 0.3 is 0 Å². The summed E-state index contributed by atoms with van der Waals surface area (Å²) < 4.78 is 7.41. The quantitative estimate of drug-likeness (QED) is 0.626. The van der Waals surface area contributed by atoms with Crippen LogP contribution in [0.25, 0.3) is 0 Å². The maximum absolute atomic E-state index is 5.42. The van der Waals surface area contributed by atoms with Gasteiger partial charge in [-0.05, 0) is 51.6 Å². The van der Waals surface area contributed by atoms with Crippen molar-refractivity contribution in [3.8, 4) is 0 Å². The Labute approximate surface area is 117 Å². The van der Waals surface area contributed by atoms with E-state index in [9.17, 15) is 0 Å². The maximum Gasteiger partial charge on any atom is 0.0522 e. The molecule has 0 aliphatic carbocycles. The van der Waals surface area contributed by atoms with Crippen LogP contribution in [0.1, 0.15) is 45.6 Å². The van der Waals surface area contributed by atoms with E-state index in [1.165, 1.54) is 12.0 Å². The van der Waals surface area contributed by atoms with Crippen LogP contribution >= 0.6 is 0 Å². The van der Waals surface area contributed by atoms with Gasteiger partial charge in [-0.15, -0.1) is 0 Å². The lowest BCUT2D eigenvalue weighted by Gasteiger charge is -2.17. The summed E-state index contributed by atoms with van der Waals surface area (Å²) in [7, 11) is 0. The zero-order valence-electron chi connectivity index (χ0n) is 12.7. The predicted octanol–water partition coefficient (Wildman–Crippen LogP) is 2.63. The van der Waals surface area contributed by atoms with Crippen molar-refractivity contribution in [1.29, 1.82) is 0 Å². The molecule has 0 saturated heterocycles. The van der Waals surface area contributed by atoms with Gasteiger partial charge in [-0.1, -0.05) is 6.92 Å². The summed E-state index contributed by atoms with van der Waals surface area (Å²) >= 11 is 0. The molecule has 1 rings (SSSR count). The average molecular weight is 267 g/mol. The molecule has 19 heavy (non-hydrogen) atoms. The van der Waals surface area contributed by atoms with Crippen LogP contribution in [0.15, 0.2) is 12.4 Å². The molecule has 0 fully saturated rings. The van der Waals surface area contributed by atoms with Gasteiger partial charge in [0.25, 0.3) is 0 Å². The normalized spacial score (nSPS) is 12.8. The molecule has 1 unspecified atom stereocenters. The Morgan fingerprint density at radius 2 is 2.21 bits per heavy atom. The van der Waals surface area contributed by atoms with Crippen molar-refractivity contribution in [2.75, 3.05) is 19.8 Å². The van der Waals surface area contributed by atoms with E-state index in [2.05, 4.69) is 30.5 Å². The van der Waals surface area contributed by atoms with Gasteiger partial charge in [0.1, 0.15) is 0 Å². The number of aromatic nitrogens is 2.